The molecule has 1 aromatic carbocycles. The summed E-state index contributed by atoms with van der Waals surface area (Å²) in [5, 5.41) is 0. The van der Waals surface area contributed by atoms with E-state index in [1.807, 2.05) is 12.1 Å². The van der Waals surface area contributed by atoms with Crippen LogP contribution in [-0.4, -0.2) is 38.9 Å². The van der Waals surface area contributed by atoms with E-state index in [4.69, 9.17) is 15.2 Å². The van der Waals surface area contributed by atoms with E-state index >= 15 is 0 Å². The fourth-order valence-corrected chi connectivity index (χ4v) is 1.92. The molecule has 1 heterocycles. The Kier molecular flexibility index (Phi) is 3.31. The third-order valence-electron chi connectivity index (χ3n) is 2.74. The van der Waals surface area contributed by atoms with E-state index < -0.39 is 0 Å². The molecular weight excluding hydrogens is 204 g/mol. The lowest BCUT2D eigenvalue weighted by Crippen LogP contribution is -2.25. The van der Waals surface area contributed by atoms with Crippen LogP contribution in [0.2, 0.25) is 0 Å². The highest BCUT2D eigenvalue weighted by molar-refractivity contribution is 5.45. The minimum Gasteiger partial charge on any atom is -0.454 e. The Morgan fingerprint density at radius 1 is 1.31 bits per heavy atom. The summed E-state index contributed by atoms with van der Waals surface area (Å²) in [4.78, 5) is 2.14. The molecule has 0 fully saturated rings. The first-order valence-corrected chi connectivity index (χ1v) is 5.45. The Balaban J connectivity index is 2.18. The van der Waals surface area contributed by atoms with E-state index in [1.165, 1.54) is 5.56 Å². The number of ether oxygens (including phenoxy) is 2. The normalized spacial score (nSPS) is 15.5. The molecule has 1 aliphatic heterocycles. The van der Waals surface area contributed by atoms with Crippen molar-refractivity contribution < 1.29 is 9.47 Å². The van der Waals surface area contributed by atoms with Crippen LogP contribution < -0.4 is 15.2 Å². The van der Waals surface area contributed by atoms with Gasteiger partial charge in [0.05, 0.1) is 0 Å². The Bertz CT molecular complexity index is 366. The molecule has 1 aromatic rings. The van der Waals surface area contributed by atoms with Gasteiger partial charge in [-0.15, -0.1) is 0 Å². The number of nitrogens with zero attached hydrogens (tertiary/aromatic N) is 1. The van der Waals surface area contributed by atoms with Gasteiger partial charge in [-0.2, -0.15) is 0 Å². The molecule has 2 N–H and O–H groups in total. The van der Waals surface area contributed by atoms with Crippen LogP contribution in [0.3, 0.4) is 0 Å². The van der Waals surface area contributed by atoms with Crippen molar-refractivity contribution in [2.75, 3.05) is 34.0 Å². The summed E-state index contributed by atoms with van der Waals surface area (Å²) in [6.07, 6.45) is 0. The molecule has 2 rings (SSSR count). The average Bonchev–Trinajstić information content (AvgIpc) is 2.72. The van der Waals surface area contributed by atoms with Crippen molar-refractivity contribution in [2.45, 2.75) is 5.92 Å². The number of hydrogen-bond acceptors (Lipinski definition) is 4. The van der Waals surface area contributed by atoms with Crippen LogP contribution in [0.1, 0.15) is 11.5 Å². The van der Waals surface area contributed by atoms with Crippen molar-refractivity contribution in [3.63, 3.8) is 0 Å². The number of rotatable bonds is 4. The van der Waals surface area contributed by atoms with Crippen LogP contribution in [0.5, 0.6) is 11.5 Å². The molecule has 0 spiro atoms. The molecule has 0 aromatic heterocycles. The summed E-state index contributed by atoms with van der Waals surface area (Å²) in [6.45, 7) is 1.90. The minimum atomic E-state index is 0.319. The lowest BCUT2D eigenvalue weighted by atomic mass is 9.98. The van der Waals surface area contributed by atoms with E-state index in [-0.39, 0.29) is 0 Å². The zero-order valence-corrected chi connectivity index (χ0v) is 9.77. The highest BCUT2D eigenvalue weighted by Gasteiger charge is 2.17. The van der Waals surface area contributed by atoms with Gasteiger partial charge in [0.2, 0.25) is 6.79 Å². The van der Waals surface area contributed by atoms with Crippen LogP contribution >= 0.6 is 0 Å². The Hall–Kier alpha value is -1.26. The molecule has 0 aliphatic carbocycles. The second-order valence-corrected chi connectivity index (χ2v) is 4.31. The van der Waals surface area contributed by atoms with Gasteiger partial charge in [0.1, 0.15) is 0 Å². The number of hydrogen-bond donors (Lipinski definition) is 1. The van der Waals surface area contributed by atoms with E-state index in [0.29, 0.717) is 19.3 Å². The SMILES string of the molecule is CN(C)CC(CN)c1ccc2c(c1)OCO2. The lowest BCUT2D eigenvalue weighted by Gasteiger charge is -2.20. The van der Waals surface area contributed by atoms with Gasteiger partial charge in [0.15, 0.2) is 11.5 Å². The fraction of sp³-hybridized carbons (Fsp3) is 0.500. The van der Waals surface area contributed by atoms with Gasteiger partial charge >= 0.3 is 0 Å². The minimum absolute atomic E-state index is 0.319. The summed E-state index contributed by atoms with van der Waals surface area (Å²) in [6, 6.07) is 6.05. The van der Waals surface area contributed by atoms with Crippen LogP contribution in [0, 0.1) is 0 Å². The van der Waals surface area contributed by atoms with E-state index in [2.05, 4.69) is 25.1 Å². The Labute approximate surface area is 95.9 Å². The van der Waals surface area contributed by atoms with Gasteiger partial charge in [-0.05, 0) is 31.8 Å². The number of nitrogens with two attached hydrogens (primary N) is 1. The van der Waals surface area contributed by atoms with E-state index in [0.717, 1.165) is 18.0 Å². The third kappa shape index (κ3) is 2.28. The van der Waals surface area contributed by atoms with Crippen molar-refractivity contribution in [3.8, 4) is 11.5 Å². The quantitative estimate of drug-likeness (QED) is 0.826. The number of benzene rings is 1. The molecule has 0 amide bonds. The van der Waals surface area contributed by atoms with Crippen LogP contribution in [0.4, 0.5) is 0 Å². The highest BCUT2D eigenvalue weighted by atomic mass is 16.7. The molecular formula is C12H18N2O2. The van der Waals surface area contributed by atoms with E-state index in [9.17, 15) is 0 Å². The first kappa shape index (κ1) is 11.2. The maximum absolute atomic E-state index is 5.80. The third-order valence-corrected chi connectivity index (χ3v) is 2.74. The summed E-state index contributed by atoms with van der Waals surface area (Å²) in [5.41, 5.74) is 7.01. The second kappa shape index (κ2) is 4.72. The molecule has 0 saturated carbocycles. The molecule has 16 heavy (non-hydrogen) atoms. The predicted octanol–water partition coefficient (Wildman–Crippen LogP) is 1.02. The molecule has 1 atom stereocenters. The molecule has 4 nitrogen and oxygen atoms in total. The zero-order valence-electron chi connectivity index (χ0n) is 9.77. The van der Waals surface area contributed by atoms with Crippen molar-refractivity contribution in [3.05, 3.63) is 23.8 Å². The van der Waals surface area contributed by atoms with Gasteiger partial charge in [-0.1, -0.05) is 6.07 Å². The largest absolute Gasteiger partial charge is 0.454 e. The Morgan fingerprint density at radius 2 is 2.06 bits per heavy atom. The second-order valence-electron chi connectivity index (χ2n) is 4.31. The first-order chi connectivity index (χ1) is 7.70. The van der Waals surface area contributed by atoms with Gasteiger partial charge in [0.25, 0.3) is 0 Å². The number of fused-ring (bicyclic) bond motifs is 1. The summed E-state index contributed by atoms with van der Waals surface area (Å²) < 4.78 is 10.6. The topological polar surface area (TPSA) is 47.7 Å². The van der Waals surface area contributed by atoms with Crippen molar-refractivity contribution in [1.82, 2.24) is 4.90 Å². The monoisotopic (exact) mass is 222 g/mol. The summed E-state index contributed by atoms with van der Waals surface area (Å²) in [5.74, 6) is 1.99. The Morgan fingerprint density at radius 3 is 2.75 bits per heavy atom. The van der Waals surface area contributed by atoms with Crippen molar-refractivity contribution in [1.29, 1.82) is 0 Å². The highest BCUT2D eigenvalue weighted by Crippen LogP contribution is 2.34. The van der Waals surface area contributed by atoms with Crippen LogP contribution in [-0.2, 0) is 0 Å². The zero-order chi connectivity index (χ0) is 11.5. The summed E-state index contributed by atoms with van der Waals surface area (Å²) in [7, 11) is 4.10. The molecule has 0 saturated heterocycles. The van der Waals surface area contributed by atoms with Gasteiger partial charge < -0.3 is 20.1 Å². The predicted molar refractivity (Wildman–Crippen MR) is 62.9 cm³/mol. The molecule has 1 aliphatic rings. The molecule has 0 radical (unpaired) electrons. The number of likely N-dealkylation sites (N-methyl/N-ethyl adjacent to an activating group) is 1. The van der Waals surface area contributed by atoms with Crippen LogP contribution in [0.25, 0.3) is 0 Å². The first-order valence-electron chi connectivity index (χ1n) is 5.45. The molecule has 4 heteroatoms. The maximum atomic E-state index is 5.80. The smallest absolute Gasteiger partial charge is 0.231 e. The fourth-order valence-electron chi connectivity index (χ4n) is 1.92. The standard InChI is InChI=1S/C12H18N2O2/c1-14(2)7-10(6-13)9-3-4-11-12(5-9)16-8-15-11/h3-5,10H,6-8,13H2,1-2H3. The molecule has 1 unspecified atom stereocenters. The molecule has 0 bridgehead atoms. The van der Waals surface area contributed by atoms with Gasteiger partial charge in [-0.3, -0.25) is 0 Å². The summed E-state index contributed by atoms with van der Waals surface area (Å²) >= 11 is 0. The van der Waals surface area contributed by atoms with Crippen LogP contribution in [0.15, 0.2) is 18.2 Å². The van der Waals surface area contributed by atoms with Crippen molar-refractivity contribution in [2.24, 2.45) is 5.73 Å². The average molecular weight is 222 g/mol. The van der Waals surface area contributed by atoms with Gasteiger partial charge in [0, 0.05) is 19.0 Å². The lowest BCUT2D eigenvalue weighted by molar-refractivity contribution is 0.174. The molecule has 88 valence electrons. The maximum Gasteiger partial charge on any atom is 0.231 e. The van der Waals surface area contributed by atoms with E-state index in [1.54, 1.807) is 0 Å². The van der Waals surface area contributed by atoms with Crippen molar-refractivity contribution >= 4 is 0 Å². The van der Waals surface area contributed by atoms with Gasteiger partial charge in [-0.25, -0.2) is 0 Å².